The third-order valence-corrected chi connectivity index (χ3v) is 7.16. The van der Waals surface area contributed by atoms with Crippen molar-refractivity contribution in [1.29, 1.82) is 0 Å². The molecule has 0 bridgehead atoms. The second-order valence-corrected chi connectivity index (χ2v) is 10.4. The molecule has 0 aliphatic carbocycles. The van der Waals surface area contributed by atoms with E-state index in [1.807, 2.05) is 20.8 Å². The van der Waals surface area contributed by atoms with Crippen LogP contribution in [0.3, 0.4) is 0 Å². The van der Waals surface area contributed by atoms with Crippen LogP contribution in [0.15, 0.2) is 60.7 Å². The monoisotopic (exact) mass is 559 g/mol. The van der Waals surface area contributed by atoms with Gasteiger partial charge in [0.1, 0.15) is 23.9 Å². The number of benzene rings is 3. The average molecular weight is 560 g/mol. The van der Waals surface area contributed by atoms with E-state index in [1.165, 1.54) is 41.9 Å². The lowest BCUT2D eigenvalue weighted by Gasteiger charge is -2.35. The smallest absolute Gasteiger partial charge is 0.249 e. The molecule has 0 saturated heterocycles. The van der Waals surface area contributed by atoms with Crippen LogP contribution in [0.1, 0.15) is 56.1 Å². The first-order valence-electron chi connectivity index (χ1n) is 13.2. The average Bonchev–Trinajstić information content (AvgIpc) is 3.58. The quantitative estimate of drug-likeness (QED) is 0.299. The lowest BCUT2D eigenvalue weighted by molar-refractivity contribution is -0.128. The van der Waals surface area contributed by atoms with Crippen LogP contribution in [0.2, 0.25) is 0 Å². The van der Waals surface area contributed by atoms with Gasteiger partial charge >= 0.3 is 0 Å². The molecule has 2 amide bonds. The zero-order valence-corrected chi connectivity index (χ0v) is 23.2. The summed E-state index contributed by atoms with van der Waals surface area (Å²) in [5, 5.41) is 11.2. The molecule has 0 fully saturated rings. The van der Waals surface area contributed by atoms with Gasteiger partial charge in [-0.2, -0.15) is 0 Å². The van der Waals surface area contributed by atoms with E-state index < -0.39 is 29.2 Å². The number of nitrogens with zero attached hydrogens (tertiary/aromatic N) is 4. The van der Waals surface area contributed by atoms with Crippen molar-refractivity contribution in [3.05, 3.63) is 77.6 Å². The van der Waals surface area contributed by atoms with Crippen LogP contribution in [0, 0.1) is 5.82 Å². The number of carbonyl (C=O) groups is 3. The van der Waals surface area contributed by atoms with Gasteiger partial charge in [-0.3, -0.25) is 19.3 Å². The zero-order chi connectivity index (χ0) is 29.3. The lowest BCUT2D eigenvalue weighted by atomic mass is 9.96. The van der Waals surface area contributed by atoms with Crippen molar-refractivity contribution in [1.82, 2.24) is 20.3 Å². The summed E-state index contributed by atoms with van der Waals surface area (Å²) in [6.45, 7) is 6.49. The summed E-state index contributed by atoms with van der Waals surface area (Å²) >= 11 is 0. The van der Waals surface area contributed by atoms with E-state index in [0.717, 1.165) is 4.90 Å². The Morgan fingerprint density at radius 3 is 2.46 bits per heavy atom. The fraction of sp³-hybridized carbons (Fsp3) is 0.300. The highest BCUT2D eigenvalue weighted by Gasteiger charge is 2.39. The minimum Gasteiger partial charge on any atom is -0.454 e. The van der Waals surface area contributed by atoms with Gasteiger partial charge < -0.3 is 14.8 Å². The second kappa shape index (κ2) is 11.0. The molecule has 1 aliphatic rings. The molecule has 10 nitrogen and oxygen atoms in total. The fourth-order valence-corrected chi connectivity index (χ4v) is 4.65. The van der Waals surface area contributed by atoms with Gasteiger partial charge in [-0.1, -0.05) is 42.5 Å². The standard InChI is InChI=1S/C30H30FN5O5/c1-5-30(3,4)32-29(39)28(19-10-6-7-11-21(19)31)36(24-15-26-25(40-17-41-26)14-20(24)18(2)37)27(38)16-35-23-13-9-8-12-22(23)33-34-35/h6-15,28H,5,16-17H2,1-4H3,(H,32,39). The summed E-state index contributed by atoms with van der Waals surface area (Å²) in [5.41, 5.74) is 0.643. The molecule has 4 aromatic rings. The van der Waals surface area contributed by atoms with Gasteiger partial charge in [0, 0.05) is 22.7 Å². The molecule has 2 heterocycles. The van der Waals surface area contributed by atoms with E-state index in [4.69, 9.17) is 9.47 Å². The first kappa shape index (κ1) is 27.8. The Kier molecular flexibility index (Phi) is 7.44. The predicted octanol–water partition coefficient (Wildman–Crippen LogP) is 4.58. The van der Waals surface area contributed by atoms with E-state index in [-0.39, 0.29) is 41.7 Å². The molecule has 11 heteroatoms. The number of anilines is 1. The largest absolute Gasteiger partial charge is 0.454 e. The van der Waals surface area contributed by atoms with Crippen LogP contribution in [0.25, 0.3) is 11.0 Å². The van der Waals surface area contributed by atoms with Crippen molar-refractivity contribution in [3.8, 4) is 11.5 Å². The molecular weight excluding hydrogens is 529 g/mol. The SMILES string of the molecule is CCC(C)(C)NC(=O)C(c1ccccc1F)N(C(=O)Cn1nnc2ccccc21)c1cc2c(cc1C(C)=O)OCO2. The summed E-state index contributed by atoms with van der Waals surface area (Å²) in [5.74, 6) is -1.70. The minimum atomic E-state index is -1.48. The zero-order valence-electron chi connectivity index (χ0n) is 23.2. The molecule has 1 unspecified atom stereocenters. The number of aromatic nitrogens is 3. The number of halogens is 1. The third kappa shape index (κ3) is 5.47. The maximum atomic E-state index is 15.5. The maximum Gasteiger partial charge on any atom is 0.249 e. The number of hydrogen-bond acceptors (Lipinski definition) is 7. The Morgan fingerprint density at radius 2 is 1.76 bits per heavy atom. The van der Waals surface area contributed by atoms with Crippen molar-refractivity contribution in [2.75, 3.05) is 11.7 Å². The molecule has 1 aromatic heterocycles. The number of para-hydroxylation sites is 1. The summed E-state index contributed by atoms with van der Waals surface area (Å²) in [7, 11) is 0. The van der Waals surface area contributed by atoms with Gasteiger partial charge in [0.05, 0.1) is 11.2 Å². The molecule has 1 aliphatic heterocycles. The predicted molar refractivity (Wildman–Crippen MR) is 149 cm³/mol. The van der Waals surface area contributed by atoms with Gasteiger partial charge in [0.25, 0.3) is 0 Å². The van der Waals surface area contributed by atoms with Crippen LogP contribution in [0.4, 0.5) is 10.1 Å². The first-order valence-corrected chi connectivity index (χ1v) is 13.2. The van der Waals surface area contributed by atoms with Gasteiger partial charge in [-0.15, -0.1) is 5.10 Å². The van der Waals surface area contributed by atoms with Crippen molar-refractivity contribution >= 4 is 34.3 Å². The number of ether oxygens (including phenoxy) is 2. The Bertz CT molecular complexity index is 1650. The van der Waals surface area contributed by atoms with Crippen molar-refractivity contribution in [2.45, 2.75) is 52.2 Å². The van der Waals surface area contributed by atoms with E-state index in [0.29, 0.717) is 23.2 Å². The molecule has 1 atom stereocenters. The summed E-state index contributed by atoms with van der Waals surface area (Å²) in [6.07, 6.45) is 0.574. The molecule has 41 heavy (non-hydrogen) atoms. The fourth-order valence-electron chi connectivity index (χ4n) is 4.65. The van der Waals surface area contributed by atoms with Crippen molar-refractivity contribution in [3.63, 3.8) is 0 Å². The number of amides is 2. The topological polar surface area (TPSA) is 116 Å². The molecule has 5 rings (SSSR count). The van der Waals surface area contributed by atoms with Gasteiger partial charge in [-0.25, -0.2) is 9.07 Å². The van der Waals surface area contributed by atoms with Gasteiger partial charge in [0.2, 0.25) is 18.6 Å². The summed E-state index contributed by atoms with van der Waals surface area (Å²) in [6, 6.07) is 14.3. The number of hydrogen-bond donors (Lipinski definition) is 1. The van der Waals surface area contributed by atoms with E-state index in [9.17, 15) is 14.4 Å². The summed E-state index contributed by atoms with van der Waals surface area (Å²) in [4.78, 5) is 42.5. The minimum absolute atomic E-state index is 0.0409. The Hall–Kier alpha value is -4.80. The van der Waals surface area contributed by atoms with Crippen LogP contribution < -0.4 is 19.7 Å². The third-order valence-electron chi connectivity index (χ3n) is 7.16. The first-order chi connectivity index (χ1) is 19.6. The molecule has 3 aromatic carbocycles. The molecule has 0 spiro atoms. The summed E-state index contributed by atoms with van der Waals surface area (Å²) < 4.78 is 27.9. The highest BCUT2D eigenvalue weighted by Crippen LogP contribution is 2.42. The number of nitrogens with one attached hydrogen (secondary N) is 1. The van der Waals surface area contributed by atoms with Crippen LogP contribution in [0.5, 0.6) is 11.5 Å². The van der Waals surface area contributed by atoms with Gasteiger partial charge in [-0.05, 0) is 51.5 Å². The van der Waals surface area contributed by atoms with Gasteiger partial charge in [0.15, 0.2) is 17.3 Å². The molecule has 0 saturated carbocycles. The number of carbonyl (C=O) groups excluding carboxylic acids is 3. The second-order valence-electron chi connectivity index (χ2n) is 10.4. The van der Waals surface area contributed by atoms with E-state index in [2.05, 4.69) is 15.6 Å². The van der Waals surface area contributed by atoms with Crippen molar-refractivity contribution < 1.29 is 28.2 Å². The normalized spacial score (nSPS) is 13.2. The molecule has 212 valence electrons. The maximum absolute atomic E-state index is 15.5. The van der Waals surface area contributed by atoms with Crippen molar-refractivity contribution in [2.24, 2.45) is 0 Å². The highest BCUT2D eigenvalue weighted by molar-refractivity contribution is 6.08. The lowest BCUT2D eigenvalue weighted by Crippen LogP contribution is -2.51. The number of rotatable bonds is 9. The number of fused-ring (bicyclic) bond motifs is 2. The van der Waals surface area contributed by atoms with Crippen LogP contribution >= 0.6 is 0 Å². The Balaban J connectivity index is 1.72. The molecular formula is C30H30FN5O5. The number of Topliss-reactive ketones (excluding diaryl/α,β-unsaturated/α-hetero) is 1. The van der Waals surface area contributed by atoms with E-state index in [1.54, 1.807) is 30.3 Å². The van der Waals surface area contributed by atoms with Crippen LogP contribution in [-0.4, -0.2) is 44.9 Å². The Morgan fingerprint density at radius 1 is 1.07 bits per heavy atom. The number of ketones is 1. The molecule has 1 N–H and O–H groups in total. The molecule has 0 radical (unpaired) electrons. The Labute approximate surface area is 236 Å². The highest BCUT2D eigenvalue weighted by atomic mass is 19.1. The van der Waals surface area contributed by atoms with Crippen LogP contribution in [-0.2, 0) is 16.1 Å². The van der Waals surface area contributed by atoms with E-state index >= 15 is 4.39 Å².